The van der Waals surface area contributed by atoms with Crippen molar-refractivity contribution in [2.75, 3.05) is 0 Å². The summed E-state index contributed by atoms with van der Waals surface area (Å²) < 4.78 is 0. The zero-order valence-electron chi connectivity index (χ0n) is 45.7. The summed E-state index contributed by atoms with van der Waals surface area (Å²) in [5.41, 5.74) is 14.4. The number of phenols is 2. The monoisotopic (exact) mass is 1040 g/mol. The third-order valence-corrected chi connectivity index (χ3v) is 25.5. The topological polar surface area (TPSA) is 53.4 Å². The molecule has 5 heteroatoms. The molecule has 5 aromatic rings. The molecular weight excluding hydrogens is 958 g/mol. The Bertz CT molecular complexity index is 2500. The van der Waals surface area contributed by atoms with E-state index in [2.05, 4.69) is 147 Å². The van der Waals surface area contributed by atoms with Crippen LogP contribution in [0.1, 0.15) is 167 Å². The molecule has 2 N–H and O–H groups in total. The molecule has 0 saturated heterocycles. The summed E-state index contributed by atoms with van der Waals surface area (Å²) in [6, 6.07) is 36.8. The van der Waals surface area contributed by atoms with Crippen molar-refractivity contribution in [3.05, 3.63) is 128 Å². The van der Waals surface area contributed by atoms with Crippen LogP contribution in [0, 0.1) is 50.4 Å². The maximum Gasteiger partial charge on any atom is 0.127 e. The van der Waals surface area contributed by atoms with Crippen molar-refractivity contribution in [3.63, 3.8) is 0 Å². The standard InChI is InChI=1S/C64H81NO2Si.2CH3.Zr/c1-10-68(11-2,12-3)39-46-27-57(51-19-15-13-17-49(51)53-29-47(61(4,5)6)31-55(59(53)66)63-33-40-21-41(34-63)23-42(22-40)35-63)65-58(28-46)52-20-16-14-18-50(52)54-30-48(62(7,8)9)32-56(60(54)67)64-36-43-24-44(37-64)26-45(25-43)38-64;;;/h13-20,27-32,40-45,66-67H,10-12,21-26,33-39H2,1-9H3;2*1H3;/q;2*-1;. The smallest absolute Gasteiger partial charge is 0.127 e. The second kappa shape index (κ2) is 19.8. The van der Waals surface area contributed by atoms with Crippen molar-refractivity contribution >= 4 is 8.07 Å². The van der Waals surface area contributed by atoms with Gasteiger partial charge >= 0.3 is 0 Å². The molecular formula is C66H87NO2SiZr-2. The van der Waals surface area contributed by atoms with Crippen LogP contribution in [0.15, 0.2) is 84.9 Å². The van der Waals surface area contributed by atoms with Crippen LogP contribution in [0.5, 0.6) is 11.5 Å². The fourth-order valence-corrected chi connectivity index (χ4v) is 20.0. The average Bonchev–Trinajstić information content (AvgIpc) is 3.29. The van der Waals surface area contributed by atoms with E-state index in [1.807, 2.05) is 0 Å². The minimum absolute atomic E-state index is 0. The second-order valence-corrected chi connectivity index (χ2v) is 31.8. The predicted octanol–water partition coefficient (Wildman–Crippen LogP) is 18.2. The number of rotatable bonds is 11. The average molecular weight is 1050 g/mol. The van der Waals surface area contributed by atoms with Crippen LogP contribution in [-0.2, 0) is 53.9 Å². The van der Waals surface area contributed by atoms with Gasteiger partial charge in [0.15, 0.2) is 0 Å². The summed E-state index contributed by atoms with van der Waals surface area (Å²) >= 11 is 0. The molecule has 8 fully saturated rings. The van der Waals surface area contributed by atoms with Gasteiger partial charge in [0.1, 0.15) is 11.5 Å². The molecule has 0 amide bonds. The quantitative estimate of drug-likeness (QED) is 0.102. The molecule has 378 valence electrons. The van der Waals surface area contributed by atoms with Crippen molar-refractivity contribution in [1.82, 2.24) is 4.98 Å². The van der Waals surface area contributed by atoms with Gasteiger partial charge in [-0.25, -0.2) is 4.98 Å². The number of hydrogen-bond acceptors (Lipinski definition) is 3. The normalized spacial score (nSPS) is 27.2. The fraction of sp³-hybridized carbons (Fsp3) is 0.530. The Morgan fingerprint density at radius 1 is 0.479 bits per heavy atom. The Balaban J connectivity index is 0.00000225. The summed E-state index contributed by atoms with van der Waals surface area (Å²) in [4.78, 5) is 5.76. The van der Waals surface area contributed by atoms with Crippen molar-refractivity contribution in [1.29, 1.82) is 0 Å². The SMILES string of the molecule is CC[Si](CC)(CC)Cc1cc(-c2ccccc2-c2cc(C(C)(C)C)cc(C34CC5CC(CC(C5)C3)C4)c2O)nc(-c2ccccc2-c2cc(C(C)(C)C)cc(C34CC5CC(CC(C5)C3)C4)c2O)c1.[CH3-].[CH3-].[Zr]. The number of aromatic nitrogens is 1. The summed E-state index contributed by atoms with van der Waals surface area (Å²) in [6.45, 7) is 21.3. The van der Waals surface area contributed by atoms with E-state index in [0.717, 1.165) is 86.3 Å². The first-order valence-electron chi connectivity index (χ1n) is 27.4. The number of benzene rings is 4. The minimum Gasteiger partial charge on any atom is -0.507 e. The molecule has 0 aliphatic heterocycles. The van der Waals surface area contributed by atoms with Crippen molar-refractivity contribution in [2.45, 2.75) is 185 Å². The molecule has 8 bridgehead atoms. The predicted molar refractivity (Wildman–Crippen MR) is 300 cm³/mol. The van der Waals surface area contributed by atoms with Crippen LogP contribution in [0.3, 0.4) is 0 Å². The third kappa shape index (κ3) is 9.59. The first-order valence-corrected chi connectivity index (χ1v) is 30.2. The zero-order valence-corrected chi connectivity index (χ0v) is 49.2. The summed E-state index contributed by atoms with van der Waals surface area (Å²) in [6.07, 6.45) is 15.6. The number of nitrogens with zero attached hydrogens (tertiary/aromatic N) is 1. The molecule has 8 aliphatic rings. The number of pyridine rings is 1. The van der Waals surface area contributed by atoms with Gasteiger partial charge in [0.25, 0.3) is 0 Å². The van der Waals surface area contributed by atoms with E-state index in [1.165, 1.54) is 123 Å². The molecule has 13 rings (SSSR count). The van der Waals surface area contributed by atoms with Crippen LogP contribution in [-0.4, -0.2) is 23.3 Å². The molecule has 3 nitrogen and oxygen atoms in total. The Labute approximate surface area is 451 Å². The minimum atomic E-state index is -1.63. The van der Waals surface area contributed by atoms with E-state index < -0.39 is 8.07 Å². The van der Waals surface area contributed by atoms with Gasteiger partial charge in [0.2, 0.25) is 0 Å². The van der Waals surface area contributed by atoms with Crippen LogP contribution < -0.4 is 0 Å². The Kier molecular flexibility index (Phi) is 15.0. The molecule has 0 spiro atoms. The van der Waals surface area contributed by atoms with E-state index in [1.54, 1.807) is 0 Å². The Hall–Kier alpha value is -3.27. The van der Waals surface area contributed by atoms with E-state index in [0.29, 0.717) is 11.5 Å². The number of hydrogen-bond donors (Lipinski definition) is 2. The van der Waals surface area contributed by atoms with Crippen LogP contribution >= 0.6 is 0 Å². The van der Waals surface area contributed by atoms with Gasteiger partial charge in [0, 0.05) is 59.6 Å². The maximum absolute atomic E-state index is 12.9. The molecule has 1 heterocycles. The van der Waals surface area contributed by atoms with Crippen molar-refractivity contribution in [3.8, 4) is 56.3 Å². The van der Waals surface area contributed by atoms with E-state index in [-0.39, 0.29) is 62.7 Å². The third-order valence-electron chi connectivity index (χ3n) is 19.9. The first-order chi connectivity index (χ1) is 32.4. The maximum atomic E-state index is 12.9. The number of aromatic hydroxyl groups is 2. The van der Waals surface area contributed by atoms with E-state index in [9.17, 15) is 10.2 Å². The van der Waals surface area contributed by atoms with Gasteiger partial charge in [-0.15, -0.1) is 0 Å². The van der Waals surface area contributed by atoms with Crippen molar-refractivity contribution < 1.29 is 36.4 Å². The van der Waals surface area contributed by atoms with E-state index in [4.69, 9.17) is 4.98 Å². The molecule has 8 aliphatic carbocycles. The van der Waals surface area contributed by atoms with Gasteiger partial charge in [-0.1, -0.05) is 141 Å². The molecule has 8 saturated carbocycles. The Morgan fingerprint density at radius 2 is 0.789 bits per heavy atom. The fourth-order valence-electron chi connectivity index (χ4n) is 16.6. The van der Waals surface area contributed by atoms with Gasteiger partial charge < -0.3 is 25.1 Å². The van der Waals surface area contributed by atoms with Gasteiger partial charge in [0.05, 0.1) is 19.5 Å². The van der Waals surface area contributed by atoms with Gasteiger partial charge in [-0.05, 0) is 192 Å². The summed E-state index contributed by atoms with van der Waals surface area (Å²) in [5, 5.41) is 25.8. The molecule has 4 aromatic carbocycles. The zero-order chi connectivity index (χ0) is 47.5. The van der Waals surface area contributed by atoms with Crippen LogP contribution in [0.25, 0.3) is 44.8 Å². The molecule has 1 aromatic heterocycles. The van der Waals surface area contributed by atoms with Gasteiger partial charge in [-0.3, -0.25) is 0 Å². The number of phenolic OH excluding ortho intramolecular Hbond substituents is 2. The van der Waals surface area contributed by atoms with E-state index >= 15 is 0 Å². The molecule has 0 unspecified atom stereocenters. The first kappa shape index (κ1) is 54.0. The van der Waals surface area contributed by atoms with Crippen LogP contribution in [0.4, 0.5) is 0 Å². The van der Waals surface area contributed by atoms with Crippen LogP contribution in [0.2, 0.25) is 18.1 Å². The van der Waals surface area contributed by atoms with Gasteiger partial charge in [-0.2, -0.15) is 0 Å². The molecule has 0 atom stereocenters. The Morgan fingerprint density at radius 3 is 1.08 bits per heavy atom. The molecule has 71 heavy (non-hydrogen) atoms. The second-order valence-electron chi connectivity index (χ2n) is 26.3. The summed E-state index contributed by atoms with van der Waals surface area (Å²) in [5.74, 6) is 5.71. The largest absolute Gasteiger partial charge is 0.507 e. The summed E-state index contributed by atoms with van der Waals surface area (Å²) in [7, 11) is -1.63. The van der Waals surface area contributed by atoms with Crippen molar-refractivity contribution in [2.24, 2.45) is 35.5 Å². The molecule has 0 radical (unpaired) electrons.